The maximum absolute atomic E-state index is 14.3. The van der Waals surface area contributed by atoms with E-state index in [0.29, 0.717) is 41.8 Å². The van der Waals surface area contributed by atoms with Crippen molar-refractivity contribution in [2.45, 2.75) is 38.4 Å². The maximum Gasteiger partial charge on any atom is 0.436 e. The fourth-order valence-electron chi connectivity index (χ4n) is 5.31. The average molecular weight is 638 g/mol. The predicted octanol–water partition coefficient (Wildman–Crippen LogP) is 6.71. The van der Waals surface area contributed by atoms with Crippen molar-refractivity contribution < 1.29 is 22.4 Å². The molecule has 14 heteroatoms. The molecule has 2 unspecified atom stereocenters. The third-order valence-electron chi connectivity index (χ3n) is 7.67. The number of rotatable bonds is 3. The summed E-state index contributed by atoms with van der Waals surface area (Å²) in [7, 11) is 0. The quantitative estimate of drug-likeness (QED) is 0.220. The van der Waals surface area contributed by atoms with Crippen molar-refractivity contribution in [2.75, 3.05) is 5.32 Å². The summed E-state index contributed by atoms with van der Waals surface area (Å²) in [6, 6.07) is 12.6. The van der Waals surface area contributed by atoms with Crippen LogP contribution in [0.25, 0.3) is 28.1 Å². The zero-order chi connectivity index (χ0) is 31.9. The summed E-state index contributed by atoms with van der Waals surface area (Å²) >= 11 is 6.22. The Morgan fingerprint density at radius 2 is 1.80 bits per heavy atom. The van der Waals surface area contributed by atoms with Crippen molar-refractivity contribution in [3.05, 3.63) is 106 Å². The molecule has 0 fully saturated rings. The molecule has 1 aliphatic rings. The van der Waals surface area contributed by atoms with Crippen LogP contribution >= 0.6 is 11.6 Å². The number of fused-ring (bicyclic) bond motifs is 4. The van der Waals surface area contributed by atoms with Crippen LogP contribution in [0.2, 0.25) is 5.02 Å². The van der Waals surface area contributed by atoms with Gasteiger partial charge in [-0.2, -0.15) is 13.2 Å². The van der Waals surface area contributed by atoms with E-state index in [2.05, 4.69) is 25.6 Å². The first kappa shape index (κ1) is 30.1. The van der Waals surface area contributed by atoms with E-state index in [0.717, 1.165) is 10.9 Å². The van der Waals surface area contributed by atoms with Gasteiger partial charge in [-0.05, 0) is 66.9 Å². The highest BCUT2D eigenvalue weighted by Gasteiger charge is 2.35. The number of benzene rings is 2. The summed E-state index contributed by atoms with van der Waals surface area (Å²) in [6.45, 7) is 1.80. The van der Waals surface area contributed by atoms with Gasteiger partial charge in [0.2, 0.25) is 5.91 Å². The van der Waals surface area contributed by atoms with Gasteiger partial charge < -0.3 is 5.32 Å². The van der Waals surface area contributed by atoms with Crippen LogP contribution in [-0.2, 0) is 11.0 Å². The van der Waals surface area contributed by atoms with Crippen molar-refractivity contribution in [3.8, 4) is 28.1 Å². The lowest BCUT2D eigenvalue weighted by atomic mass is 9.95. The van der Waals surface area contributed by atoms with E-state index in [1.165, 1.54) is 53.4 Å². The Balaban J connectivity index is 1.42. The van der Waals surface area contributed by atoms with Crippen LogP contribution in [0.15, 0.2) is 78.1 Å². The van der Waals surface area contributed by atoms with Gasteiger partial charge >= 0.3 is 6.18 Å². The lowest BCUT2D eigenvalue weighted by Crippen LogP contribution is -2.27. The molecule has 1 amide bonds. The standard InChI is InChI=1S/C31H24ClF4N7O2/c1-17-3-2-4-27(25-11-18(9-10-37-25)21-13-20(33)6-7-23(21)39-30(17)45)42-16-38-24(14-29(42)44)22-12-19(32)5-8-26(22)43-15-28(40-41-43)31(34,35)36/h5-17,27H,2-4H2,1H3,(H,39,45). The Kier molecular flexibility index (Phi) is 7.96. The number of nitrogens with zero attached hydrogens (tertiary/aromatic N) is 6. The van der Waals surface area contributed by atoms with Crippen molar-refractivity contribution >= 4 is 23.2 Å². The first-order valence-electron chi connectivity index (χ1n) is 13.9. The molecule has 1 aliphatic heterocycles. The number of anilines is 1. The van der Waals surface area contributed by atoms with Crippen LogP contribution < -0.4 is 10.9 Å². The number of halogens is 5. The molecule has 4 heterocycles. The molecule has 0 spiro atoms. The summed E-state index contributed by atoms with van der Waals surface area (Å²) in [5, 5.41) is 10.00. The van der Waals surface area contributed by atoms with Gasteiger partial charge in [0.25, 0.3) is 5.56 Å². The Morgan fingerprint density at radius 3 is 2.56 bits per heavy atom. The second-order valence-corrected chi connectivity index (χ2v) is 11.2. The first-order chi connectivity index (χ1) is 21.5. The summed E-state index contributed by atoms with van der Waals surface area (Å²) in [6.07, 6.45) is 0.473. The molecule has 5 aromatic rings. The van der Waals surface area contributed by atoms with Crippen LogP contribution in [0.5, 0.6) is 0 Å². The number of carbonyl (C=O) groups excluding carboxylic acids is 1. The highest BCUT2D eigenvalue weighted by Crippen LogP contribution is 2.34. The molecule has 9 nitrogen and oxygen atoms in total. The van der Waals surface area contributed by atoms with E-state index in [1.54, 1.807) is 25.3 Å². The third kappa shape index (κ3) is 6.21. The molecule has 0 saturated carbocycles. The third-order valence-corrected chi connectivity index (χ3v) is 7.91. The molecule has 6 rings (SSSR count). The number of pyridine rings is 1. The van der Waals surface area contributed by atoms with Crippen LogP contribution in [0.3, 0.4) is 0 Å². The van der Waals surface area contributed by atoms with Crippen LogP contribution in [0.1, 0.15) is 43.6 Å². The van der Waals surface area contributed by atoms with Gasteiger partial charge in [0.05, 0.1) is 35.6 Å². The largest absolute Gasteiger partial charge is 0.436 e. The summed E-state index contributed by atoms with van der Waals surface area (Å²) in [5.41, 5.74) is 1.02. The fourth-order valence-corrected chi connectivity index (χ4v) is 5.48. The van der Waals surface area contributed by atoms with Crippen molar-refractivity contribution in [1.82, 2.24) is 29.5 Å². The Morgan fingerprint density at radius 1 is 0.978 bits per heavy atom. The molecule has 2 aromatic carbocycles. The first-order valence-corrected chi connectivity index (χ1v) is 14.3. The minimum Gasteiger partial charge on any atom is -0.325 e. The summed E-state index contributed by atoms with van der Waals surface area (Å²) < 4.78 is 56.3. The highest BCUT2D eigenvalue weighted by molar-refractivity contribution is 6.31. The molecule has 2 atom stereocenters. The molecule has 0 radical (unpaired) electrons. The molecular weight excluding hydrogens is 614 g/mol. The number of hydrogen-bond acceptors (Lipinski definition) is 6. The normalized spacial score (nSPS) is 17.2. The van der Waals surface area contributed by atoms with Gasteiger partial charge in [0, 0.05) is 40.0 Å². The van der Waals surface area contributed by atoms with E-state index >= 15 is 0 Å². The van der Waals surface area contributed by atoms with Gasteiger partial charge in [-0.3, -0.25) is 19.1 Å². The van der Waals surface area contributed by atoms with Crippen LogP contribution in [-0.4, -0.2) is 35.4 Å². The Labute approximate surface area is 258 Å². The van der Waals surface area contributed by atoms with Crippen LogP contribution in [0.4, 0.5) is 23.2 Å². The van der Waals surface area contributed by atoms with E-state index in [9.17, 15) is 27.2 Å². The molecule has 0 saturated heterocycles. The molecular formula is C31H24ClF4N7O2. The Hall–Kier alpha value is -4.91. The molecule has 45 heavy (non-hydrogen) atoms. The van der Waals surface area contributed by atoms with E-state index in [1.807, 2.05) is 0 Å². The van der Waals surface area contributed by atoms with Crippen molar-refractivity contribution in [3.63, 3.8) is 0 Å². The minimum atomic E-state index is -4.69. The van der Waals surface area contributed by atoms with Gasteiger partial charge in [0.1, 0.15) is 5.82 Å². The zero-order valence-electron chi connectivity index (χ0n) is 23.6. The number of aromatic nitrogens is 6. The monoisotopic (exact) mass is 637 g/mol. The van der Waals surface area contributed by atoms with Crippen molar-refractivity contribution in [2.24, 2.45) is 5.92 Å². The number of hydrogen-bond donors (Lipinski definition) is 1. The SMILES string of the molecule is CC1CCCC(n2cnc(-c3cc(Cl)ccc3-n3cc(C(F)(F)F)nn3)cc2=O)c2cc(ccn2)-c2cc(F)ccc2NC1=O. The minimum absolute atomic E-state index is 0.155. The molecule has 230 valence electrons. The number of alkyl halides is 3. The number of carbonyl (C=O) groups is 1. The molecule has 0 aliphatic carbocycles. The zero-order valence-corrected chi connectivity index (χ0v) is 24.3. The maximum atomic E-state index is 14.3. The van der Waals surface area contributed by atoms with Gasteiger partial charge in [-0.1, -0.05) is 30.2 Å². The van der Waals surface area contributed by atoms with Gasteiger partial charge in [-0.25, -0.2) is 14.1 Å². The second kappa shape index (κ2) is 11.9. The van der Waals surface area contributed by atoms with Crippen LogP contribution in [0, 0.1) is 11.7 Å². The molecule has 2 bridgehead atoms. The topological polar surface area (TPSA) is 108 Å². The lowest BCUT2D eigenvalue weighted by molar-refractivity contribution is -0.141. The average Bonchev–Trinajstić information content (AvgIpc) is 3.51. The second-order valence-electron chi connectivity index (χ2n) is 10.7. The predicted molar refractivity (Wildman–Crippen MR) is 158 cm³/mol. The highest BCUT2D eigenvalue weighted by atomic mass is 35.5. The van der Waals surface area contributed by atoms with Crippen molar-refractivity contribution in [1.29, 1.82) is 0 Å². The summed E-state index contributed by atoms with van der Waals surface area (Å²) in [4.78, 5) is 35.6. The lowest BCUT2D eigenvalue weighted by Gasteiger charge is -2.23. The van der Waals surface area contributed by atoms with Gasteiger partial charge in [0.15, 0.2) is 5.69 Å². The van der Waals surface area contributed by atoms with E-state index in [-0.39, 0.29) is 33.8 Å². The fraction of sp³-hybridized carbons (Fsp3) is 0.226. The van der Waals surface area contributed by atoms with E-state index < -0.39 is 29.3 Å². The molecule has 3 aromatic heterocycles. The number of nitrogens with one attached hydrogen (secondary N) is 1. The smallest absolute Gasteiger partial charge is 0.325 e. The van der Waals surface area contributed by atoms with E-state index in [4.69, 9.17) is 11.6 Å². The number of amides is 1. The van der Waals surface area contributed by atoms with Gasteiger partial charge in [-0.15, -0.1) is 5.10 Å². The molecule has 1 N–H and O–H groups in total. The summed E-state index contributed by atoms with van der Waals surface area (Å²) in [5.74, 6) is -1.04. The Bertz CT molecular complexity index is 1970.